The number of aromatic carboxylic acids is 2. The van der Waals surface area contributed by atoms with E-state index >= 15 is 0 Å². The fourth-order valence-electron chi connectivity index (χ4n) is 1.15. The summed E-state index contributed by atoms with van der Waals surface area (Å²) in [5, 5.41) is 18.7. The molecule has 102 valence electrons. The Bertz CT molecular complexity index is 520. The normalized spacial score (nSPS) is 10.9. The van der Waals surface area contributed by atoms with E-state index < -0.39 is 40.8 Å². The Balaban J connectivity index is 3.17. The number of carbonyl (C=O) groups is 3. The van der Waals surface area contributed by atoms with E-state index in [1.807, 2.05) is 0 Å². The van der Waals surface area contributed by atoms with E-state index in [2.05, 4.69) is 0 Å². The summed E-state index contributed by atoms with van der Waals surface area (Å²) < 4.78 is 36.0. The molecule has 0 aromatic heterocycles. The van der Waals surface area contributed by atoms with Crippen LogP contribution in [0.1, 0.15) is 20.7 Å². The number of carboxylic acid groups (broad SMARTS) is 2. The van der Waals surface area contributed by atoms with Gasteiger partial charge in [-0.15, -0.1) is 0 Å². The maximum atomic E-state index is 12.0. The SMILES string of the molecule is O=C(O)c1cc(NC(=O)C(F)(F)F)cc(C(=O)O)c1. The van der Waals surface area contributed by atoms with Gasteiger partial charge in [-0.05, 0) is 18.2 Å². The summed E-state index contributed by atoms with van der Waals surface area (Å²) in [6.07, 6.45) is -5.16. The summed E-state index contributed by atoms with van der Waals surface area (Å²) in [5.41, 5.74) is -1.69. The molecule has 1 rings (SSSR count). The van der Waals surface area contributed by atoms with Crippen molar-refractivity contribution in [3.05, 3.63) is 29.3 Å². The monoisotopic (exact) mass is 277 g/mol. The first-order chi connectivity index (χ1) is 8.61. The number of benzene rings is 1. The second-order valence-electron chi connectivity index (χ2n) is 3.36. The van der Waals surface area contributed by atoms with Gasteiger partial charge in [-0.25, -0.2) is 9.59 Å². The molecule has 1 aromatic carbocycles. The Morgan fingerprint density at radius 1 is 0.947 bits per heavy atom. The lowest BCUT2D eigenvalue weighted by molar-refractivity contribution is -0.167. The van der Waals surface area contributed by atoms with Crippen LogP contribution in [0.3, 0.4) is 0 Å². The number of anilines is 1. The van der Waals surface area contributed by atoms with Gasteiger partial charge in [0.1, 0.15) is 0 Å². The van der Waals surface area contributed by atoms with Crippen molar-refractivity contribution in [3.63, 3.8) is 0 Å². The number of carbonyl (C=O) groups excluding carboxylic acids is 1. The van der Waals surface area contributed by atoms with Crippen LogP contribution in [0.2, 0.25) is 0 Å². The van der Waals surface area contributed by atoms with Crippen molar-refractivity contribution >= 4 is 23.5 Å². The van der Waals surface area contributed by atoms with Crippen LogP contribution in [0.25, 0.3) is 0 Å². The van der Waals surface area contributed by atoms with Gasteiger partial charge in [-0.2, -0.15) is 13.2 Å². The van der Waals surface area contributed by atoms with Crippen LogP contribution in [0, 0.1) is 0 Å². The van der Waals surface area contributed by atoms with Crippen LogP contribution in [-0.2, 0) is 4.79 Å². The van der Waals surface area contributed by atoms with E-state index in [0.717, 1.165) is 18.2 Å². The minimum Gasteiger partial charge on any atom is -0.478 e. The highest BCUT2D eigenvalue weighted by atomic mass is 19.4. The molecule has 0 aliphatic carbocycles. The number of hydrogen-bond donors (Lipinski definition) is 3. The zero-order chi connectivity index (χ0) is 14.8. The molecule has 0 aliphatic heterocycles. The fraction of sp³-hybridized carbons (Fsp3) is 0.100. The highest BCUT2D eigenvalue weighted by Crippen LogP contribution is 2.20. The standard InChI is InChI=1S/C10H6F3NO5/c11-10(12,13)9(19)14-6-2-4(7(15)16)1-5(3-6)8(17)18/h1-3H,(H,14,19)(H,15,16)(H,17,18). The summed E-state index contributed by atoms with van der Waals surface area (Å²) >= 11 is 0. The average Bonchev–Trinajstić information content (AvgIpc) is 2.27. The van der Waals surface area contributed by atoms with Gasteiger partial charge in [-0.1, -0.05) is 0 Å². The maximum absolute atomic E-state index is 12.0. The smallest absolute Gasteiger partial charge is 0.471 e. The molecule has 19 heavy (non-hydrogen) atoms. The van der Waals surface area contributed by atoms with Crippen molar-refractivity contribution < 1.29 is 37.8 Å². The molecule has 0 aliphatic rings. The average molecular weight is 277 g/mol. The van der Waals surface area contributed by atoms with Gasteiger partial charge in [0.25, 0.3) is 0 Å². The molecule has 0 saturated carbocycles. The van der Waals surface area contributed by atoms with Crippen LogP contribution in [0.15, 0.2) is 18.2 Å². The number of carboxylic acids is 2. The van der Waals surface area contributed by atoms with E-state index in [1.54, 1.807) is 0 Å². The zero-order valence-electron chi connectivity index (χ0n) is 8.99. The molecule has 0 radical (unpaired) electrons. The number of halogens is 3. The highest BCUT2D eigenvalue weighted by molar-refractivity contribution is 5.99. The summed E-state index contributed by atoms with van der Waals surface area (Å²) in [6.45, 7) is 0. The van der Waals surface area contributed by atoms with Crippen LogP contribution >= 0.6 is 0 Å². The summed E-state index contributed by atoms with van der Waals surface area (Å²) in [5.74, 6) is -5.40. The first kappa shape index (κ1) is 14.5. The molecule has 1 amide bonds. The Kier molecular flexibility index (Phi) is 3.78. The zero-order valence-corrected chi connectivity index (χ0v) is 8.99. The predicted octanol–water partition coefficient (Wildman–Crippen LogP) is 1.58. The third kappa shape index (κ3) is 3.69. The van der Waals surface area contributed by atoms with Gasteiger partial charge in [0.05, 0.1) is 11.1 Å². The molecule has 0 unspecified atom stereocenters. The Hall–Kier alpha value is -2.58. The number of rotatable bonds is 3. The molecule has 0 saturated heterocycles. The van der Waals surface area contributed by atoms with Gasteiger partial charge in [0.2, 0.25) is 0 Å². The largest absolute Gasteiger partial charge is 0.478 e. The quantitative estimate of drug-likeness (QED) is 0.778. The number of amides is 1. The molecule has 6 nitrogen and oxygen atoms in total. The molecular formula is C10H6F3NO5. The third-order valence-electron chi connectivity index (χ3n) is 1.94. The van der Waals surface area contributed by atoms with Gasteiger partial charge in [0.15, 0.2) is 0 Å². The van der Waals surface area contributed by atoms with E-state index in [1.165, 1.54) is 5.32 Å². The minimum absolute atomic E-state index is 0.558. The van der Waals surface area contributed by atoms with E-state index in [0.29, 0.717) is 0 Å². The topological polar surface area (TPSA) is 104 Å². The van der Waals surface area contributed by atoms with Crippen LogP contribution in [0.4, 0.5) is 18.9 Å². The predicted molar refractivity (Wildman–Crippen MR) is 55.0 cm³/mol. The summed E-state index contributed by atoms with van der Waals surface area (Å²) in [4.78, 5) is 32.0. The first-order valence-electron chi connectivity index (χ1n) is 4.61. The van der Waals surface area contributed by atoms with Gasteiger partial charge in [0, 0.05) is 5.69 Å². The summed E-state index contributed by atoms with van der Waals surface area (Å²) in [7, 11) is 0. The number of nitrogens with one attached hydrogen (secondary N) is 1. The fourth-order valence-corrected chi connectivity index (χ4v) is 1.15. The Labute approximate surface area is 103 Å². The lowest BCUT2D eigenvalue weighted by Crippen LogP contribution is -2.30. The van der Waals surface area contributed by atoms with Crippen molar-refractivity contribution in [1.29, 1.82) is 0 Å². The second-order valence-corrected chi connectivity index (χ2v) is 3.36. The van der Waals surface area contributed by atoms with Crippen molar-refractivity contribution in [3.8, 4) is 0 Å². The second kappa shape index (κ2) is 4.96. The third-order valence-corrected chi connectivity index (χ3v) is 1.94. The molecular weight excluding hydrogens is 271 g/mol. The molecule has 0 bridgehead atoms. The molecule has 0 fully saturated rings. The Morgan fingerprint density at radius 2 is 1.37 bits per heavy atom. The molecule has 0 spiro atoms. The van der Waals surface area contributed by atoms with Crippen molar-refractivity contribution in [2.24, 2.45) is 0 Å². The van der Waals surface area contributed by atoms with Gasteiger partial charge < -0.3 is 15.5 Å². The van der Waals surface area contributed by atoms with E-state index in [4.69, 9.17) is 10.2 Å². The van der Waals surface area contributed by atoms with Crippen LogP contribution in [-0.4, -0.2) is 34.2 Å². The highest BCUT2D eigenvalue weighted by Gasteiger charge is 2.38. The van der Waals surface area contributed by atoms with Crippen LogP contribution in [0.5, 0.6) is 0 Å². The lowest BCUT2D eigenvalue weighted by Gasteiger charge is -2.09. The summed E-state index contributed by atoms with van der Waals surface area (Å²) in [6, 6.07) is 2.20. The number of alkyl halides is 3. The lowest BCUT2D eigenvalue weighted by atomic mass is 10.1. The number of hydrogen-bond acceptors (Lipinski definition) is 3. The minimum atomic E-state index is -5.16. The van der Waals surface area contributed by atoms with E-state index in [-0.39, 0.29) is 0 Å². The van der Waals surface area contributed by atoms with Crippen LogP contribution < -0.4 is 5.32 Å². The first-order valence-corrected chi connectivity index (χ1v) is 4.61. The van der Waals surface area contributed by atoms with Crippen molar-refractivity contribution in [2.45, 2.75) is 6.18 Å². The van der Waals surface area contributed by atoms with Crippen molar-refractivity contribution in [1.82, 2.24) is 0 Å². The van der Waals surface area contributed by atoms with Gasteiger partial charge >= 0.3 is 24.0 Å². The molecule has 3 N–H and O–H groups in total. The molecule has 0 atom stereocenters. The molecule has 1 aromatic rings. The van der Waals surface area contributed by atoms with Gasteiger partial charge in [-0.3, -0.25) is 4.79 Å². The molecule has 0 heterocycles. The Morgan fingerprint density at radius 3 is 1.68 bits per heavy atom. The molecule has 9 heteroatoms. The van der Waals surface area contributed by atoms with E-state index in [9.17, 15) is 27.6 Å². The maximum Gasteiger partial charge on any atom is 0.471 e. The van der Waals surface area contributed by atoms with Crippen molar-refractivity contribution in [2.75, 3.05) is 5.32 Å².